The summed E-state index contributed by atoms with van der Waals surface area (Å²) in [5.74, 6) is 0. The SMILES string of the molecule is CNCC1(C#N)CC1.Cl. The molecule has 2 nitrogen and oxygen atoms in total. The number of hydrogen-bond acceptors (Lipinski definition) is 2. The smallest absolute Gasteiger partial charge is 0.0703 e. The van der Waals surface area contributed by atoms with E-state index in [2.05, 4.69) is 11.4 Å². The minimum absolute atomic E-state index is 0. The summed E-state index contributed by atoms with van der Waals surface area (Å²) in [6.45, 7) is 0.865. The topological polar surface area (TPSA) is 35.8 Å². The summed E-state index contributed by atoms with van der Waals surface area (Å²) in [5.41, 5.74) is 0.0365. The van der Waals surface area contributed by atoms with Crippen LogP contribution in [0, 0.1) is 16.7 Å². The highest BCUT2D eigenvalue weighted by Crippen LogP contribution is 2.43. The minimum atomic E-state index is 0. The van der Waals surface area contributed by atoms with Crippen LogP contribution in [-0.2, 0) is 0 Å². The first-order valence-corrected chi connectivity index (χ1v) is 2.89. The Kier molecular flexibility index (Phi) is 2.96. The van der Waals surface area contributed by atoms with E-state index in [0.29, 0.717) is 0 Å². The Balaban J connectivity index is 0.000000640. The van der Waals surface area contributed by atoms with Crippen molar-refractivity contribution in [1.29, 1.82) is 5.26 Å². The van der Waals surface area contributed by atoms with Gasteiger partial charge in [-0.3, -0.25) is 0 Å². The molecule has 1 N–H and O–H groups in total. The summed E-state index contributed by atoms with van der Waals surface area (Å²) >= 11 is 0. The van der Waals surface area contributed by atoms with Crippen LogP contribution in [-0.4, -0.2) is 13.6 Å². The molecule has 1 saturated carbocycles. The number of halogens is 1. The Bertz CT molecular complexity index is 124. The van der Waals surface area contributed by atoms with E-state index >= 15 is 0 Å². The van der Waals surface area contributed by atoms with Crippen LogP contribution in [0.1, 0.15) is 12.8 Å². The van der Waals surface area contributed by atoms with Crippen LogP contribution >= 0.6 is 12.4 Å². The van der Waals surface area contributed by atoms with Crippen LogP contribution in [0.2, 0.25) is 0 Å². The predicted molar refractivity (Wildman–Crippen MR) is 38.5 cm³/mol. The van der Waals surface area contributed by atoms with Gasteiger partial charge in [-0.05, 0) is 19.9 Å². The van der Waals surface area contributed by atoms with Gasteiger partial charge in [-0.1, -0.05) is 0 Å². The zero-order chi connectivity index (χ0) is 6.04. The van der Waals surface area contributed by atoms with Crippen LogP contribution in [0.3, 0.4) is 0 Å². The lowest BCUT2D eigenvalue weighted by atomic mass is 10.1. The Labute approximate surface area is 61.7 Å². The van der Waals surface area contributed by atoms with Gasteiger partial charge >= 0.3 is 0 Å². The Morgan fingerprint density at radius 3 is 2.33 bits per heavy atom. The van der Waals surface area contributed by atoms with Gasteiger partial charge in [-0.2, -0.15) is 5.26 Å². The molecule has 0 atom stereocenters. The number of hydrogen-bond donors (Lipinski definition) is 1. The van der Waals surface area contributed by atoms with Crippen molar-refractivity contribution < 1.29 is 0 Å². The molecule has 0 aromatic heterocycles. The molecular weight excluding hydrogens is 136 g/mol. The summed E-state index contributed by atoms with van der Waals surface area (Å²) in [6.07, 6.45) is 2.18. The Hall–Kier alpha value is -0.260. The molecule has 1 rings (SSSR count). The second-order valence-electron chi connectivity index (χ2n) is 2.42. The molecule has 0 spiro atoms. The largest absolute Gasteiger partial charge is 0.318 e. The van der Waals surface area contributed by atoms with Crippen LogP contribution in [0.4, 0.5) is 0 Å². The molecule has 1 fully saturated rings. The van der Waals surface area contributed by atoms with E-state index in [1.54, 1.807) is 0 Å². The Morgan fingerprint density at radius 1 is 1.67 bits per heavy atom. The quantitative estimate of drug-likeness (QED) is 0.629. The number of nitrogens with zero attached hydrogens (tertiary/aromatic N) is 1. The fourth-order valence-electron chi connectivity index (χ4n) is 0.817. The van der Waals surface area contributed by atoms with Crippen molar-refractivity contribution in [2.24, 2.45) is 5.41 Å². The van der Waals surface area contributed by atoms with Gasteiger partial charge in [0.1, 0.15) is 0 Å². The van der Waals surface area contributed by atoms with Crippen LogP contribution in [0.5, 0.6) is 0 Å². The molecule has 0 heterocycles. The molecule has 0 radical (unpaired) electrons. The van der Waals surface area contributed by atoms with Crippen molar-refractivity contribution in [2.45, 2.75) is 12.8 Å². The van der Waals surface area contributed by atoms with E-state index in [1.165, 1.54) is 0 Å². The zero-order valence-electron chi connectivity index (χ0n) is 5.48. The van der Waals surface area contributed by atoms with E-state index in [0.717, 1.165) is 19.4 Å². The summed E-state index contributed by atoms with van der Waals surface area (Å²) in [4.78, 5) is 0. The normalized spacial score (nSPS) is 19.6. The lowest BCUT2D eigenvalue weighted by Gasteiger charge is -2.00. The van der Waals surface area contributed by atoms with Crippen molar-refractivity contribution in [3.63, 3.8) is 0 Å². The van der Waals surface area contributed by atoms with Crippen molar-refractivity contribution in [2.75, 3.05) is 13.6 Å². The maximum absolute atomic E-state index is 8.50. The van der Waals surface area contributed by atoms with Crippen LogP contribution in [0.25, 0.3) is 0 Å². The van der Waals surface area contributed by atoms with Crippen molar-refractivity contribution in [3.05, 3.63) is 0 Å². The van der Waals surface area contributed by atoms with E-state index in [-0.39, 0.29) is 17.8 Å². The lowest BCUT2D eigenvalue weighted by molar-refractivity contribution is 0.605. The van der Waals surface area contributed by atoms with Gasteiger partial charge in [0, 0.05) is 6.54 Å². The minimum Gasteiger partial charge on any atom is -0.318 e. The molecule has 0 aromatic rings. The van der Waals surface area contributed by atoms with Crippen molar-refractivity contribution >= 4 is 12.4 Å². The molecule has 0 amide bonds. The second-order valence-corrected chi connectivity index (χ2v) is 2.42. The van der Waals surface area contributed by atoms with E-state index < -0.39 is 0 Å². The number of rotatable bonds is 2. The van der Waals surface area contributed by atoms with Crippen molar-refractivity contribution in [1.82, 2.24) is 5.32 Å². The van der Waals surface area contributed by atoms with E-state index in [1.807, 2.05) is 7.05 Å². The first-order chi connectivity index (χ1) is 3.83. The van der Waals surface area contributed by atoms with E-state index in [9.17, 15) is 0 Å². The van der Waals surface area contributed by atoms with Gasteiger partial charge < -0.3 is 5.32 Å². The zero-order valence-corrected chi connectivity index (χ0v) is 6.29. The molecule has 3 heteroatoms. The standard InChI is InChI=1S/C6H10N2.ClH/c1-8-5-6(4-7)2-3-6;/h8H,2-3,5H2,1H3;1H. The molecule has 0 unspecified atom stereocenters. The average molecular weight is 147 g/mol. The van der Waals surface area contributed by atoms with Gasteiger partial charge in [-0.25, -0.2) is 0 Å². The van der Waals surface area contributed by atoms with Crippen LogP contribution < -0.4 is 5.32 Å². The van der Waals surface area contributed by atoms with Gasteiger partial charge in [0.2, 0.25) is 0 Å². The highest BCUT2D eigenvalue weighted by atomic mass is 35.5. The molecule has 0 aliphatic heterocycles. The third-order valence-electron chi connectivity index (χ3n) is 1.61. The third-order valence-corrected chi connectivity index (χ3v) is 1.61. The second kappa shape index (κ2) is 3.05. The fourth-order valence-corrected chi connectivity index (χ4v) is 0.817. The molecule has 0 saturated heterocycles. The lowest BCUT2D eigenvalue weighted by Crippen LogP contribution is -2.17. The Morgan fingerprint density at radius 2 is 2.22 bits per heavy atom. The first-order valence-electron chi connectivity index (χ1n) is 2.89. The average Bonchev–Trinajstić information content (AvgIpc) is 2.50. The van der Waals surface area contributed by atoms with Gasteiger partial charge in [0.05, 0.1) is 11.5 Å². The molecule has 1 aliphatic carbocycles. The van der Waals surface area contributed by atoms with Crippen molar-refractivity contribution in [3.8, 4) is 6.07 Å². The monoisotopic (exact) mass is 146 g/mol. The summed E-state index contributed by atoms with van der Waals surface area (Å²) in [6, 6.07) is 2.29. The van der Waals surface area contributed by atoms with Gasteiger partial charge in [0.25, 0.3) is 0 Å². The maximum atomic E-state index is 8.50. The maximum Gasteiger partial charge on any atom is 0.0703 e. The molecule has 0 aromatic carbocycles. The highest BCUT2D eigenvalue weighted by Gasteiger charge is 2.42. The summed E-state index contributed by atoms with van der Waals surface area (Å²) in [5, 5.41) is 11.5. The predicted octanol–water partition coefficient (Wildman–Crippen LogP) is 0.931. The third kappa shape index (κ3) is 1.85. The molecule has 52 valence electrons. The van der Waals surface area contributed by atoms with Gasteiger partial charge in [-0.15, -0.1) is 12.4 Å². The number of nitriles is 1. The summed E-state index contributed by atoms with van der Waals surface area (Å²) in [7, 11) is 1.89. The molecule has 9 heavy (non-hydrogen) atoms. The fraction of sp³-hybridized carbons (Fsp3) is 0.833. The summed E-state index contributed by atoms with van der Waals surface area (Å²) < 4.78 is 0. The molecular formula is C6H11ClN2. The number of nitrogens with one attached hydrogen (secondary N) is 1. The highest BCUT2D eigenvalue weighted by molar-refractivity contribution is 5.85. The first kappa shape index (κ1) is 8.74. The molecule has 1 aliphatic rings. The molecule has 0 bridgehead atoms. The van der Waals surface area contributed by atoms with Gasteiger partial charge in [0.15, 0.2) is 0 Å². The van der Waals surface area contributed by atoms with Crippen LogP contribution in [0.15, 0.2) is 0 Å². The van der Waals surface area contributed by atoms with E-state index in [4.69, 9.17) is 5.26 Å².